The van der Waals surface area contributed by atoms with Gasteiger partial charge in [-0.15, -0.1) is 0 Å². The SMILES string of the molecule is C[C@@H](C(=O)NCc1ccc(OC2CCN(C)CC2)cc1)N(c1ccccc1)S(C)(=O)=O. The van der Waals surface area contributed by atoms with Gasteiger partial charge in [0.1, 0.15) is 17.9 Å². The third kappa shape index (κ3) is 6.45. The zero-order valence-electron chi connectivity index (χ0n) is 18.3. The number of anilines is 1. The zero-order chi connectivity index (χ0) is 22.4. The molecule has 1 heterocycles. The fourth-order valence-electron chi connectivity index (χ4n) is 3.70. The number of likely N-dealkylation sites (tertiary alicyclic amines) is 1. The van der Waals surface area contributed by atoms with Crippen LogP contribution >= 0.6 is 0 Å². The van der Waals surface area contributed by atoms with Crippen molar-refractivity contribution in [2.24, 2.45) is 0 Å². The Kier molecular flexibility index (Phi) is 7.56. The molecule has 2 aromatic carbocycles. The lowest BCUT2D eigenvalue weighted by Crippen LogP contribution is -2.47. The van der Waals surface area contributed by atoms with Crippen LogP contribution in [0.3, 0.4) is 0 Å². The molecule has 0 aromatic heterocycles. The Hall–Kier alpha value is -2.58. The van der Waals surface area contributed by atoms with E-state index in [1.807, 2.05) is 24.3 Å². The summed E-state index contributed by atoms with van der Waals surface area (Å²) in [4.78, 5) is 15.0. The monoisotopic (exact) mass is 445 g/mol. The molecule has 7 nitrogen and oxygen atoms in total. The van der Waals surface area contributed by atoms with Crippen molar-refractivity contribution in [1.29, 1.82) is 0 Å². The van der Waals surface area contributed by atoms with Gasteiger partial charge in [0.15, 0.2) is 0 Å². The number of amides is 1. The van der Waals surface area contributed by atoms with E-state index >= 15 is 0 Å². The summed E-state index contributed by atoms with van der Waals surface area (Å²) in [6.45, 7) is 3.98. The van der Waals surface area contributed by atoms with Gasteiger partial charge >= 0.3 is 0 Å². The molecule has 0 saturated carbocycles. The maximum absolute atomic E-state index is 12.7. The van der Waals surface area contributed by atoms with Gasteiger partial charge in [-0.3, -0.25) is 9.10 Å². The summed E-state index contributed by atoms with van der Waals surface area (Å²) in [6, 6.07) is 15.4. The van der Waals surface area contributed by atoms with Crippen molar-refractivity contribution in [3.8, 4) is 5.75 Å². The minimum Gasteiger partial charge on any atom is -0.490 e. The Morgan fingerprint density at radius 1 is 1.13 bits per heavy atom. The van der Waals surface area contributed by atoms with E-state index in [0.717, 1.165) is 47.8 Å². The maximum Gasteiger partial charge on any atom is 0.243 e. The first-order valence-corrected chi connectivity index (χ1v) is 12.3. The number of benzene rings is 2. The smallest absolute Gasteiger partial charge is 0.243 e. The highest BCUT2D eigenvalue weighted by molar-refractivity contribution is 7.92. The summed E-state index contributed by atoms with van der Waals surface area (Å²) in [7, 11) is -1.50. The third-order valence-corrected chi connectivity index (χ3v) is 6.70. The molecule has 0 radical (unpaired) electrons. The van der Waals surface area contributed by atoms with Crippen molar-refractivity contribution in [2.75, 3.05) is 30.7 Å². The first-order chi connectivity index (χ1) is 14.7. The second-order valence-electron chi connectivity index (χ2n) is 8.05. The van der Waals surface area contributed by atoms with E-state index in [0.29, 0.717) is 12.2 Å². The molecule has 8 heteroatoms. The van der Waals surface area contributed by atoms with E-state index in [1.54, 1.807) is 37.3 Å². The Balaban J connectivity index is 1.57. The lowest BCUT2D eigenvalue weighted by Gasteiger charge is -2.29. The lowest BCUT2D eigenvalue weighted by atomic mass is 10.1. The largest absolute Gasteiger partial charge is 0.490 e. The lowest BCUT2D eigenvalue weighted by molar-refractivity contribution is -0.122. The first-order valence-electron chi connectivity index (χ1n) is 10.5. The van der Waals surface area contributed by atoms with Gasteiger partial charge < -0.3 is 15.0 Å². The van der Waals surface area contributed by atoms with Gasteiger partial charge in [-0.2, -0.15) is 0 Å². The molecule has 168 valence electrons. The van der Waals surface area contributed by atoms with Gasteiger partial charge in [0.25, 0.3) is 0 Å². The second-order valence-corrected chi connectivity index (χ2v) is 9.91. The Morgan fingerprint density at radius 3 is 2.32 bits per heavy atom. The van der Waals surface area contributed by atoms with E-state index < -0.39 is 16.1 Å². The van der Waals surface area contributed by atoms with Crippen molar-refractivity contribution in [2.45, 2.75) is 38.5 Å². The summed E-state index contributed by atoms with van der Waals surface area (Å²) in [5, 5.41) is 2.84. The van der Waals surface area contributed by atoms with Gasteiger partial charge in [-0.05, 0) is 56.6 Å². The van der Waals surface area contributed by atoms with E-state index in [4.69, 9.17) is 4.74 Å². The van der Waals surface area contributed by atoms with Crippen LogP contribution in [-0.4, -0.2) is 57.8 Å². The van der Waals surface area contributed by atoms with Crippen LogP contribution in [0.25, 0.3) is 0 Å². The van der Waals surface area contributed by atoms with Crippen molar-refractivity contribution in [3.05, 3.63) is 60.2 Å². The molecule has 0 unspecified atom stereocenters. The Labute approximate surface area is 185 Å². The van der Waals surface area contributed by atoms with Crippen molar-refractivity contribution in [1.82, 2.24) is 10.2 Å². The molecule has 0 bridgehead atoms. The number of ether oxygens (including phenoxy) is 1. The summed E-state index contributed by atoms with van der Waals surface area (Å²) in [6.07, 6.45) is 3.38. The number of nitrogens with zero attached hydrogens (tertiary/aromatic N) is 2. The van der Waals surface area contributed by atoms with Crippen LogP contribution in [0.4, 0.5) is 5.69 Å². The molecule has 1 atom stereocenters. The number of carbonyl (C=O) groups is 1. The van der Waals surface area contributed by atoms with Gasteiger partial charge in [0, 0.05) is 19.6 Å². The summed E-state index contributed by atoms with van der Waals surface area (Å²) >= 11 is 0. The zero-order valence-corrected chi connectivity index (χ0v) is 19.1. The predicted molar refractivity (Wildman–Crippen MR) is 123 cm³/mol. The molecule has 1 fully saturated rings. The van der Waals surface area contributed by atoms with Gasteiger partial charge in [-0.25, -0.2) is 8.42 Å². The molecule has 31 heavy (non-hydrogen) atoms. The fraction of sp³-hybridized carbons (Fsp3) is 0.435. The van der Waals surface area contributed by atoms with Crippen LogP contribution in [0.1, 0.15) is 25.3 Å². The topological polar surface area (TPSA) is 79.0 Å². The van der Waals surface area contributed by atoms with Crippen LogP contribution in [0.5, 0.6) is 5.75 Å². The number of carbonyl (C=O) groups excluding carboxylic acids is 1. The first kappa shape index (κ1) is 23.1. The molecule has 1 aliphatic heterocycles. The summed E-state index contributed by atoms with van der Waals surface area (Å²) in [5.41, 5.74) is 1.38. The van der Waals surface area contributed by atoms with Crippen LogP contribution in [0.15, 0.2) is 54.6 Å². The molecule has 1 aliphatic rings. The molecule has 2 aromatic rings. The van der Waals surface area contributed by atoms with Crippen molar-refractivity contribution >= 4 is 21.6 Å². The van der Waals surface area contributed by atoms with Crippen LogP contribution < -0.4 is 14.4 Å². The third-order valence-electron chi connectivity index (χ3n) is 5.46. The van der Waals surface area contributed by atoms with E-state index in [9.17, 15) is 13.2 Å². The number of hydrogen-bond acceptors (Lipinski definition) is 5. The highest BCUT2D eigenvalue weighted by atomic mass is 32.2. The molecule has 0 aliphatic carbocycles. The number of para-hydroxylation sites is 1. The average Bonchev–Trinajstić information content (AvgIpc) is 2.74. The average molecular weight is 446 g/mol. The molecular weight excluding hydrogens is 414 g/mol. The molecule has 1 N–H and O–H groups in total. The minimum absolute atomic E-state index is 0.238. The standard InChI is InChI=1S/C23H31N3O4S/c1-18(26(31(3,28)29)20-7-5-4-6-8-20)23(27)24-17-19-9-11-21(12-10-19)30-22-13-15-25(2)16-14-22/h4-12,18,22H,13-17H2,1-3H3,(H,24,27)/t18-/m0/s1. The van der Waals surface area contributed by atoms with Crippen LogP contribution in [0, 0.1) is 0 Å². The Bertz CT molecular complexity index is 956. The molecule has 1 amide bonds. The number of hydrogen-bond donors (Lipinski definition) is 1. The molecule has 3 rings (SSSR count). The quantitative estimate of drug-likeness (QED) is 0.676. The summed E-state index contributed by atoms with van der Waals surface area (Å²) < 4.78 is 31.8. The normalized spacial score (nSPS) is 16.5. The molecule has 0 spiro atoms. The molecule has 1 saturated heterocycles. The van der Waals surface area contributed by atoms with Crippen molar-refractivity contribution in [3.63, 3.8) is 0 Å². The number of rotatable bonds is 8. The van der Waals surface area contributed by atoms with Gasteiger partial charge in [0.05, 0.1) is 11.9 Å². The van der Waals surface area contributed by atoms with E-state index in [2.05, 4.69) is 17.3 Å². The highest BCUT2D eigenvalue weighted by Gasteiger charge is 2.28. The Morgan fingerprint density at radius 2 is 1.74 bits per heavy atom. The number of nitrogens with one attached hydrogen (secondary N) is 1. The highest BCUT2D eigenvalue weighted by Crippen LogP contribution is 2.21. The maximum atomic E-state index is 12.7. The predicted octanol–water partition coefficient (Wildman–Crippen LogP) is 2.63. The number of piperidine rings is 1. The second kappa shape index (κ2) is 10.2. The van der Waals surface area contributed by atoms with Gasteiger partial charge in [-0.1, -0.05) is 30.3 Å². The van der Waals surface area contributed by atoms with Crippen molar-refractivity contribution < 1.29 is 17.9 Å². The van der Waals surface area contributed by atoms with E-state index in [1.165, 1.54) is 0 Å². The molecular formula is C23H31N3O4S. The van der Waals surface area contributed by atoms with Crippen LogP contribution in [0.2, 0.25) is 0 Å². The van der Waals surface area contributed by atoms with Gasteiger partial charge in [0.2, 0.25) is 15.9 Å². The minimum atomic E-state index is -3.62. The fourth-order valence-corrected chi connectivity index (χ4v) is 4.88. The van der Waals surface area contributed by atoms with Crippen LogP contribution in [-0.2, 0) is 21.4 Å². The number of sulfonamides is 1. The van der Waals surface area contributed by atoms with E-state index in [-0.39, 0.29) is 12.0 Å². The summed E-state index contributed by atoms with van der Waals surface area (Å²) in [5.74, 6) is 0.464.